The van der Waals surface area contributed by atoms with Crippen LogP contribution in [0, 0.1) is 16.2 Å². The Morgan fingerprint density at radius 1 is 1.10 bits per heavy atom. The molecule has 0 aliphatic heterocycles. The monoisotopic (exact) mass is 138 g/mol. The number of hydrogen-bond acceptors (Lipinski definition) is 0. The van der Waals surface area contributed by atoms with Gasteiger partial charge < -0.3 is 0 Å². The Labute approximate surface area is 64.0 Å². The summed E-state index contributed by atoms with van der Waals surface area (Å²) >= 11 is 0. The van der Waals surface area contributed by atoms with Crippen LogP contribution < -0.4 is 0 Å². The second-order valence-electron chi connectivity index (χ2n) is 5.23. The molecule has 2 fully saturated rings. The van der Waals surface area contributed by atoms with Gasteiger partial charge in [0, 0.05) is 0 Å². The Balaban J connectivity index is 2.16. The van der Waals surface area contributed by atoms with Crippen LogP contribution in [0.1, 0.15) is 47.0 Å². The zero-order valence-electron chi connectivity index (χ0n) is 7.62. The van der Waals surface area contributed by atoms with E-state index in [0.29, 0.717) is 5.41 Å². The molecule has 2 atom stereocenters. The molecule has 2 aliphatic carbocycles. The molecule has 0 amide bonds. The van der Waals surface area contributed by atoms with E-state index in [1.807, 2.05) is 0 Å². The summed E-state index contributed by atoms with van der Waals surface area (Å²) in [7, 11) is 0. The van der Waals surface area contributed by atoms with E-state index in [9.17, 15) is 0 Å². The predicted molar refractivity (Wildman–Crippen MR) is 43.8 cm³/mol. The van der Waals surface area contributed by atoms with E-state index < -0.39 is 0 Å². The molecule has 0 heteroatoms. The fourth-order valence-corrected chi connectivity index (χ4v) is 3.13. The molecule has 0 bridgehead atoms. The van der Waals surface area contributed by atoms with Crippen LogP contribution in [0.2, 0.25) is 0 Å². The third-order valence-corrected chi connectivity index (χ3v) is 4.42. The molecule has 0 N–H and O–H groups in total. The normalized spacial score (nSPS) is 55.2. The molecule has 0 aromatic heterocycles. The first-order valence-corrected chi connectivity index (χ1v) is 4.47. The molecule has 0 aromatic rings. The first kappa shape index (κ1) is 6.69. The maximum atomic E-state index is 2.46. The van der Waals surface area contributed by atoms with Gasteiger partial charge in [0.25, 0.3) is 0 Å². The average Bonchev–Trinajstić information content (AvgIpc) is 2.54. The van der Waals surface area contributed by atoms with Gasteiger partial charge in [-0.3, -0.25) is 0 Å². The van der Waals surface area contributed by atoms with Gasteiger partial charge in [-0.15, -0.1) is 0 Å². The molecule has 2 saturated carbocycles. The van der Waals surface area contributed by atoms with Gasteiger partial charge >= 0.3 is 0 Å². The summed E-state index contributed by atoms with van der Waals surface area (Å²) < 4.78 is 0. The van der Waals surface area contributed by atoms with Crippen LogP contribution >= 0.6 is 0 Å². The minimum Gasteiger partial charge on any atom is -0.0648 e. The van der Waals surface area contributed by atoms with Gasteiger partial charge in [-0.05, 0) is 29.1 Å². The Morgan fingerprint density at radius 3 is 1.70 bits per heavy atom. The lowest BCUT2D eigenvalue weighted by Gasteiger charge is -2.08. The van der Waals surface area contributed by atoms with Crippen molar-refractivity contribution >= 4 is 0 Å². The molecular formula is C10H18. The quantitative estimate of drug-likeness (QED) is 0.522. The average molecular weight is 138 g/mol. The molecule has 0 nitrogen and oxygen atoms in total. The summed E-state index contributed by atoms with van der Waals surface area (Å²) in [5.74, 6) is 0. The second-order valence-corrected chi connectivity index (χ2v) is 5.23. The maximum Gasteiger partial charge on any atom is -0.0181 e. The molecule has 2 unspecified atom stereocenters. The van der Waals surface area contributed by atoms with Crippen LogP contribution in [0.15, 0.2) is 0 Å². The highest BCUT2D eigenvalue weighted by molar-refractivity contribution is 5.28. The van der Waals surface area contributed by atoms with Crippen molar-refractivity contribution in [2.24, 2.45) is 16.2 Å². The van der Waals surface area contributed by atoms with E-state index in [1.165, 1.54) is 19.3 Å². The molecule has 0 saturated heterocycles. The topological polar surface area (TPSA) is 0 Å². The maximum absolute atomic E-state index is 2.46. The first-order valence-electron chi connectivity index (χ1n) is 4.47. The summed E-state index contributed by atoms with van der Waals surface area (Å²) in [4.78, 5) is 0. The lowest BCUT2D eigenvalue weighted by Crippen LogP contribution is -2.00. The summed E-state index contributed by atoms with van der Waals surface area (Å²) in [6.07, 6.45) is 4.38. The highest BCUT2D eigenvalue weighted by Gasteiger charge is 2.80. The van der Waals surface area contributed by atoms with Crippen molar-refractivity contribution in [3.8, 4) is 0 Å². The zero-order valence-corrected chi connectivity index (χ0v) is 7.62. The van der Waals surface area contributed by atoms with Crippen LogP contribution in [0.25, 0.3) is 0 Å². The molecule has 0 radical (unpaired) electrons. The van der Waals surface area contributed by atoms with Gasteiger partial charge in [-0.1, -0.05) is 34.1 Å². The lowest BCUT2D eigenvalue weighted by atomic mass is 9.97. The van der Waals surface area contributed by atoms with Crippen molar-refractivity contribution in [3.63, 3.8) is 0 Å². The molecule has 2 rings (SSSR count). The Hall–Kier alpha value is 0. The van der Waals surface area contributed by atoms with E-state index in [4.69, 9.17) is 0 Å². The third-order valence-electron chi connectivity index (χ3n) is 4.42. The van der Waals surface area contributed by atoms with Gasteiger partial charge in [-0.2, -0.15) is 0 Å². The summed E-state index contributed by atoms with van der Waals surface area (Å²) in [5, 5.41) is 0. The summed E-state index contributed by atoms with van der Waals surface area (Å²) in [6.45, 7) is 9.65. The Kier molecular flexibility index (Phi) is 0.874. The fraction of sp³-hybridized carbons (Fsp3) is 1.00. The van der Waals surface area contributed by atoms with Gasteiger partial charge in [0.1, 0.15) is 0 Å². The van der Waals surface area contributed by atoms with Crippen LogP contribution in [-0.2, 0) is 0 Å². The van der Waals surface area contributed by atoms with Gasteiger partial charge in [0.15, 0.2) is 0 Å². The third kappa shape index (κ3) is 0.466. The molecule has 2 aliphatic rings. The molecule has 58 valence electrons. The molecular weight excluding hydrogens is 120 g/mol. The fourth-order valence-electron chi connectivity index (χ4n) is 3.13. The lowest BCUT2D eigenvalue weighted by molar-refractivity contribution is 0.410. The van der Waals surface area contributed by atoms with E-state index in [0.717, 1.165) is 10.8 Å². The molecule has 1 spiro atoms. The van der Waals surface area contributed by atoms with Crippen molar-refractivity contribution in [1.82, 2.24) is 0 Å². The molecule has 0 heterocycles. The SMILES string of the molecule is CCC1(C)CC12CC2(C)C. The van der Waals surface area contributed by atoms with E-state index >= 15 is 0 Å². The van der Waals surface area contributed by atoms with Gasteiger partial charge in [0.05, 0.1) is 0 Å². The molecule has 0 aromatic carbocycles. The van der Waals surface area contributed by atoms with Crippen molar-refractivity contribution in [2.75, 3.05) is 0 Å². The minimum absolute atomic E-state index is 0.692. The highest BCUT2D eigenvalue weighted by atomic mass is 14.8. The van der Waals surface area contributed by atoms with Crippen molar-refractivity contribution < 1.29 is 0 Å². The van der Waals surface area contributed by atoms with Crippen LogP contribution in [0.5, 0.6) is 0 Å². The largest absolute Gasteiger partial charge is 0.0648 e. The summed E-state index contributed by atoms with van der Waals surface area (Å²) in [6, 6.07) is 0. The van der Waals surface area contributed by atoms with Crippen LogP contribution in [0.4, 0.5) is 0 Å². The Morgan fingerprint density at radius 2 is 1.60 bits per heavy atom. The van der Waals surface area contributed by atoms with Gasteiger partial charge in [0.2, 0.25) is 0 Å². The minimum atomic E-state index is 0.692. The van der Waals surface area contributed by atoms with Crippen LogP contribution in [-0.4, -0.2) is 0 Å². The number of hydrogen-bond donors (Lipinski definition) is 0. The van der Waals surface area contributed by atoms with Crippen LogP contribution in [0.3, 0.4) is 0 Å². The van der Waals surface area contributed by atoms with E-state index in [2.05, 4.69) is 27.7 Å². The standard InChI is InChI=1S/C10H18/c1-5-9(4)7-10(9)6-8(10,2)3/h5-7H2,1-4H3. The van der Waals surface area contributed by atoms with E-state index in [1.54, 1.807) is 0 Å². The highest BCUT2D eigenvalue weighted by Crippen LogP contribution is 2.88. The van der Waals surface area contributed by atoms with Crippen molar-refractivity contribution in [2.45, 2.75) is 47.0 Å². The first-order chi connectivity index (χ1) is 4.47. The van der Waals surface area contributed by atoms with Gasteiger partial charge in [-0.25, -0.2) is 0 Å². The molecule has 10 heavy (non-hydrogen) atoms. The summed E-state index contributed by atoms with van der Waals surface area (Å²) in [5.41, 5.74) is 2.23. The smallest absolute Gasteiger partial charge is 0.0181 e. The number of rotatable bonds is 1. The predicted octanol–water partition coefficient (Wildman–Crippen LogP) is 3.22. The Bertz CT molecular complexity index is 180. The zero-order chi connectivity index (χ0) is 7.62. The van der Waals surface area contributed by atoms with E-state index in [-0.39, 0.29) is 0 Å². The van der Waals surface area contributed by atoms with Crippen molar-refractivity contribution in [1.29, 1.82) is 0 Å². The van der Waals surface area contributed by atoms with Crippen molar-refractivity contribution in [3.05, 3.63) is 0 Å². The second kappa shape index (κ2) is 1.31.